The first kappa shape index (κ1) is 12.6. The number of carboxylic acid groups (broad SMARTS) is 1. The van der Waals surface area contributed by atoms with E-state index >= 15 is 0 Å². The van der Waals surface area contributed by atoms with Crippen LogP contribution in [0.3, 0.4) is 0 Å². The molecule has 2 rings (SSSR count). The SMILES string of the molecule is CSCCc1nnc(-c2cccc(C(=O)O)c2)o1. The Hall–Kier alpha value is -1.82. The second-order valence-electron chi connectivity index (χ2n) is 3.63. The number of hydrogen-bond donors (Lipinski definition) is 1. The standard InChI is InChI=1S/C12H12N2O3S/c1-18-6-5-10-13-14-11(17-10)8-3-2-4-9(7-8)12(15)16/h2-4,7H,5-6H2,1H3,(H,15,16). The van der Waals surface area contributed by atoms with E-state index in [1.807, 2.05) is 6.26 Å². The number of aromatic carboxylic acids is 1. The summed E-state index contributed by atoms with van der Waals surface area (Å²) in [6, 6.07) is 6.45. The molecule has 0 amide bonds. The molecular weight excluding hydrogens is 252 g/mol. The van der Waals surface area contributed by atoms with Gasteiger partial charge in [0.25, 0.3) is 0 Å². The first-order valence-corrected chi connectivity index (χ1v) is 6.75. The summed E-state index contributed by atoms with van der Waals surface area (Å²) in [7, 11) is 0. The molecular formula is C12H12N2O3S. The maximum absolute atomic E-state index is 10.9. The van der Waals surface area contributed by atoms with Gasteiger partial charge in [0.1, 0.15) is 0 Å². The highest BCUT2D eigenvalue weighted by molar-refractivity contribution is 7.98. The number of benzene rings is 1. The van der Waals surface area contributed by atoms with Gasteiger partial charge < -0.3 is 9.52 Å². The largest absolute Gasteiger partial charge is 0.478 e. The van der Waals surface area contributed by atoms with Crippen molar-refractivity contribution in [2.45, 2.75) is 6.42 Å². The van der Waals surface area contributed by atoms with Crippen molar-refractivity contribution in [1.29, 1.82) is 0 Å². The Morgan fingerprint density at radius 3 is 3.00 bits per heavy atom. The highest BCUT2D eigenvalue weighted by atomic mass is 32.2. The zero-order chi connectivity index (χ0) is 13.0. The van der Waals surface area contributed by atoms with E-state index < -0.39 is 5.97 Å². The fourth-order valence-corrected chi connectivity index (χ4v) is 1.82. The van der Waals surface area contributed by atoms with Gasteiger partial charge in [-0.1, -0.05) is 6.07 Å². The molecule has 0 atom stereocenters. The van der Waals surface area contributed by atoms with Crippen LogP contribution < -0.4 is 0 Å². The number of thioether (sulfide) groups is 1. The van der Waals surface area contributed by atoms with E-state index in [2.05, 4.69) is 10.2 Å². The number of nitrogens with zero attached hydrogens (tertiary/aromatic N) is 2. The highest BCUT2D eigenvalue weighted by Crippen LogP contribution is 2.19. The summed E-state index contributed by atoms with van der Waals surface area (Å²) in [6.07, 6.45) is 2.72. The van der Waals surface area contributed by atoms with Crippen molar-refractivity contribution in [1.82, 2.24) is 10.2 Å². The van der Waals surface area contributed by atoms with Gasteiger partial charge in [-0.2, -0.15) is 11.8 Å². The Morgan fingerprint density at radius 1 is 1.44 bits per heavy atom. The van der Waals surface area contributed by atoms with E-state index in [1.165, 1.54) is 12.1 Å². The van der Waals surface area contributed by atoms with Gasteiger partial charge in [-0.3, -0.25) is 0 Å². The van der Waals surface area contributed by atoms with E-state index in [-0.39, 0.29) is 5.56 Å². The average Bonchev–Trinajstić information content (AvgIpc) is 2.85. The molecule has 94 valence electrons. The summed E-state index contributed by atoms with van der Waals surface area (Å²) in [5.74, 6) is 0.866. The van der Waals surface area contributed by atoms with E-state index in [0.717, 1.165) is 5.75 Å². The van der Waals surface area contributed by atoms with E-state index in [4.69, 9.17) is 9.52 Å². The third-order valence-corrected chi connectivity index (χ3v) is 2.96. The molecule has 5 nitrogen and oxygen atoms in total. The van der Waals surface area contributed by atoms with Crippen molar-refractivity contribution in [2.24, 2.45) is 0 Å². The van der Waals surface area contributed by atoms with E-state index in [9.17, 15) is 4.79 Å². The van der Waals surface area contributed by atoms with Gasteiger partial charge in [0.2, 0.25) is 11.8 Å². The fourth-order valence-electron chi connectivity index (χ4n) is 1.45. The van der Waals surface area contributed by atoms with Gasteiger partial charge in [-0.15, -0.1) is 10.2 Å². The Labute approximate surface area is 108 Å². The lowest BCUT2D eigenvalue weighted by Crippen LogP contribution is -1.95. The minimum absolute atomic E-state index is 0.205. The van der Waals surface area contributed by atoms with Crippen LogP contribution in [0.25, 0.3) is 11.5 Å². The highest BCUT2D eigenvalue weighted by Gasteiger charge is 2.10. The quantitative estimate of drug-likeness (QED) is 0.893. The maximum Gasteiger partial charge on any atom is 0.335 e. The monoisotopic (exact) mass is 264 g/mol. The Balaban J connectivity index is 2.23. The van der Waals surface area contributed by atoms with E-state index in [0.29, 0.717) is 23.8 Å². The van der Waals surface area contributed by atoms with Crippen LogP contribution in [-0.2, 0) is 6.42 Å². The summed E-state index contributed by atoms with van der Waals surface area (Å²) in [6.45, 7) is 0. The Kier molecular flexibility index (Phi) is 3.99. The van der Waals surface area contributed by atoms with Crippen molar-refractivity contribution < 1.29 is 14.3 Å². The zero-order valence-corrected chi connectivity index (χ0v) is 10.6. The number of hydrogen-bond acceptors (Lipinski definition) is 5. The lowest BCUT2D eigenvalue weighted by Gasteiger charge is -1.97. The zero-order valence-electron chi connectivity index (χ0n) is 9.79. The summed E-state index contributed by atoms with van der Waals surface area (Å²) in [4.78, 5) is 10.9. The molecule has 0 unspecified atom stereocenters. The molecule has 0 aliphatic heterocycles. The van der Waals surface area contributed by atoms with Crippen LogP contribution in [0, 0.1) is 0 Å². The van der Waals surface area contributed by atoms with Crippen LogP contribution in [-0.4, -0.2) is 33.3 Å². The van der Waals surface area contributed by atoms with Crippen molar-refractivity contribution in [3.63, 3.8) is 0 Å². The van der Waals surface area contributed by atoms with Crippen molar-refractivity contribution in [3.8, 4) is 11.5 Å². The lowest BCUT2D eigenvalue weighted by atomic mass is 10.1. The van der Waals surface area contributed by atoms with E-state index in [1.54, 1.807) is 23.9 Å². The van der Waals surface area contributed by atoms with Gasteiger partial charge in [0.15, 0.2) is 0 Å². The number of aryl methyl sites for hydroxylation is 1. The molecule has 0 spiro atoms. The molecule has 0 saturated carbocycles. The first-order valence-electron chi connectivity index (χ1n) is 5.36. The summed E-state index contributed by atoms with van der Waals surface area (Å²) < 4.78 is 5.48. The fraction of sp³-hybridized carbons (Fsp3) is 0.250. The third kappa shape index (κ3) is 2.89. The van der Waals surface area contributed by atoms with Crippen molar-refractivity contribution >= 4 is 17.7 Å². The van der Waals surface area contributed by atoms with Gasteiger partial charge in [0, 0.05) is 17.7 Å². The predicted molar refractivity (Wildman–Crippen MR) is 68.8 cm³/mol. The number of aromatic nitrogens is 2. The Bertz CT molecular complexity index is 554. The number of carbonyl (C=O) groups is 1. The number of carboxylic acids is 1. The molecule has 1 heterocycles. The van der Waals surface area contributed by atoms with Crippen LogP contribution in [0.5, 0.6) is 0 Å². The van der Waals surface area contributed by atoms with Gasteiger partial charge >= 0.3 is 5.97 Å². The van der Waals surface area contributed by atoms with Gasteiger partial charge in [-0.25, -0.2) is 4.79 Å². The minimum Gasteiger partial charge on any atom is -0.478 e. The molecule has 1 aromatic carbocycles. The Morgan fingerprint density at radius 2 is 2.28 bits per heavy atom. The molecule has 0 aliphatic rings. The minimum atomic E-state index is -0.973. The lowest BCUT2D eigenvalue weighted by molar-refractivity contribution is 0.0697. The maximum atomic E-state index is 10.9. The summed E-state index contributed by atoms with van der Waals surface area (Å²) in [5.41, 5.74) is 0.828. The van der Waals surface area contributed by atoms with Gasteiger partial charge in [-0.05, 0) is 24.5 Å². The van der Waals surface area contributed by atoms with Crippen LogP contribution in [0.2, 0.25) is 0 Å². The molecule has 0 saturated heterocycles. The average molecular weight is 264 g/mol. The van der Waals surface area contributed by atoms with Crippen LogP contribution in [0.15, 0.2) is 28.7 Å². The molecule has 2 aromatic rings. The molecule has 0 radical (unpaired) electrons. The predicted octanol–water partition coefficient (Wildman–Crippen LogP) is 2.34. The molecule has 1 aromatic heterocycles. The third-order valence-electron chi connectivity index (χ3n) is 2.34. The van der Waals surface area contributed by atoms with Gasteiger partial charge in [0.05, 0.1) is 5.56 Å². The molecule has 18 heavy (non-hydrogen) atoms. The van der Waals surface area contributed by atoms with Crippen LogP contribution >= 0.6 is 11.8 Å². The smallest absolute Gasteiger partial charge is 0.335 e. The molecule has 6 heteroatoms. The second kappa shape index (κ2) is 5.68. The van der Waals surface area contributed by atoms with Crippen LogP contribution in [0.4, 0.5) is 0 Å². The molecule has 0 fully saturated rings. The van der Waals surface area contributed by atoms with Crippen LogP contribution in [0.1, 0.15) is 16.2 Å². The second-order valence-corrected chi connectivity index (χ2v) is 4.62. The normalized spacial score (nSPS) is 10.5. The van der Waals surface area contributed by atoms with Crippen molar-refractivity contribution in [3.05, 3.63) is 35.7 Å². The number of rotatable bonds is 5. The molecule has 1 N–H and O–H groups in total. The topological polar surface area (TPSA) is 76.2 Å². The molecule has 0 aliphatic carbocycles. The summed E-state index contributed by atoms with van der Waals surface area (Å²) >= 11 is 1.70. The first-order chi connectivity index (χ1) is 8.70. The molecule has 0 bridgehead atoms. The van der Waals surface area contributed by atoms with Crippen molar-refractivity contribution in [2.75, 3.05) is 12.0 Å². The summed E-state index contributed by atoms with van der Waals surface area (Å²) in [5, 5.41) is 16.8.